The number of aromatic nitrogens is 1. The summed E-state index contributed by atoms with van der Waals surface area (Å²) in [6.45, 7) is 7.75. The van der Waals surface area contributed by atoms with Gasteiger partial charge in [0, 0.05) is 18.2 Å². The first-order chi connectivity index (χ1) is 12.2. The lowest BCUT2D eigenvalue weighted by Crippen LogP contribution is -2.39. The molecule has 0 bridgehead atoms. The summed E-state index contributed by atoms with van der Waals surface area (Å²) in [6, 6.07) is 8.75. The molecule has 2 aromatic rings. The Morgan fingerprint density at radius 3 is 2.73 bits per heavy atom. The second-order valence-electron chi connectivity index (χ2n) is 6.74. The van der Waals surface area contributed by atoms with E-state index in [4.69, 9.17) is 4.42 Å². The lowest BCUT2D eigenvalue weighted by molar-refractivity contribution is 0.572. The first kappa shape index (κ1) is 20.7. The van der Waals surface area contributed by atoms with E-state index in [1.807, 2.05) is 12.1 Å². The molecule has 3 rings (SSSR count). The third-order valence-corrected chi connectivity index (χ3v) is 4.50. The van der Waals surface area contributed by atoms with E-state index >= 15 is 0 Å². The van der Waals surface area contributed by atoms with Crippen LogP contribution in [0.4, 0.5) is 0 Å². The lowest BCUT2D eigenvalue weighted by Gasteiger charge is -2.10. The SMILES string of the molecule is CCCC1CC1NC(=NCc1coc(-c2ccc(C)cc2)n1)NCC.I. The second kappa shape index (κ2) is 9.94. The minimum absolute atomic E-state index is 0. The monoisotopic (exact) mass is 468 g/mol. The molecule has 1 heterocycles. The van der Waals surface area contributed by atoms with Crippen molar-refractivity contribution in [3.05, 3.63) is 41.8 Å². The molecule has 0 spiro atoms. The molecule has 5 nitrogen and oxygen atoms in total. The summed E-state index contributed by atoms with van der Waals surface area (Å²) in [7, 11) is 0. The highest BCUT2D eigenvalue weighted by molar-refractivity contribution is 14.0. The highest BCUT2D eigenvalue weighted by Crippen LogP contribution is 2.34. The molecule has 0 saturated heterocycles. The van der Waals surface area contributed by atoms with Gasteiger partial charge in [-0.2, -0.15) is 0 Å². The molecule has 6 heteroatoms. The summed E-state index contributed by atoms with van der Waals surface area (Å²) in [5, 5.41) is 6.83. The van der Waals surface area contributed by atoms with Crippen LogP contribution < -0.4 is 10.6 Å². The van der Waals surface area contributed by atoms with Crippen LogP contribution in [0.25, 0.3) is 11.5 Å². The topological polar surface area (TPSA) is 62.5 Å². The number of aliphatic imine (C=N–C) groups is 1. The minimum Gasteiger partial charge on any atom is -0.444 e. The Bertz CT molecular complexity index is 711. The van der Waals surface area contributed by atoms with Crippen LogP contribution in [0.5, 0.6) is 0 Å². The number of guanidine groups is 1. The maximum Gasteiger partial charge on any atom is 0.226 e. The lowest BCUT2D eigenvalue weighted by atomic mass is 10.1. The predicted molar refractivity (Wildman–Crippen MR) is 117 cm³/mol. The van der Waals surface area contributed by atoms with Gasteiger partial charge in [-0.15, -0.1) is 24.0 Å². The van der Waals surface area contributed by atoms with Crippen molar-refractivity contribution in [1.29, 1.82) is 0 Å². The molecule has 1 aromatic carbocycles. The zero-order chi connectivity index (χ0) is 17.6. The Kier molecular flexibility index (Phi) is 7.93. The highest BCUT2D eigenvalue weighted by Gasteiger charge is 2.36. The molecule has 26 heavy (non-hydrogen) atoms. The molecule has 0 aliphatic heterocycles. The molecule has 1 aliphatic carbocycles. The zero-order valence-corrected chi connectivity index (χ0v) is 18.1. The Morgan fingerprint density at radius 2 is 2.04 bits per heavy atom. The van der Waals surface area contributed by atoms with Crippen molar-refractivity contribution >= 4 is 29.9 Å². The predicted octanol–water partition coefficient (Wildman–Crippen LogP) is 4.51. The van der Waals surface area contributed by atoms with Gasteiger partial charge in [0.15, 0.2) is 5.96 Å². The number of aryl methyl sites for hydroxylation is 1. The Balaban J connectivity index is 0.00000243. The van der Waals surface area contributed by atoms with E-state index in [1.165, 1.54) is 24.8 Å². The normalized spacial score (nSPS) is 19.0. The molecular formula is C20H29IN4O. The fourth-order valence-corrected chi connectivity index (χ4v) is 2.98. The molecule has 1 fully saturated rings. The number of rotatable bonds is 7. The number of nitrogens with one attached hydrogen (secondary N) is 2. The summed E-state index contributed by atoms with van der Waals surface area (Å²) in [4.78, 5) is 9.20. The first-order valence-electron chi connectivity index (χ1n) is 9.25. The second-order valence-corrected chi connectivity index (χ2v) is 6.74. The van der Waals surface area contributed by atoms with E-state index in [-0.39, 0.29) is 24.0 Å². The van der Waals surface area contributed by atoms with Gasteiger partial charge in [-0.25, -0.2) is 9.98 Å². The molecule has 0 amide bonds. The molecule has 1 aromatic heterocycles. The molecule has 2 atom stereocenters. The van der Waals surface area contributed by atoms with Gasteiger partial charge >= 0.3 is 0 Å². The molecule has 142 valence electrons. The number of halogens is 1. The summed E-state index contributed by atoms with van der Waals surface area (Å²) in [6.07, 6.45) is 5.48. The van der Waals surface area contributed by atoms with Gasteiger partial charge in [-0.05, 0) is 44.7 Å². The van der Waals surface area contributed by atoms with Crippen molar-refractivity contribution in [2.75, 3.05) is 6.54 Å². The van der Waals surface area contributed by atoms with Crippen molar-refractivity contribution in [3.8, 4) is 11.5 Å². The van der Waals surface area contributed by atoms with Crippen LogP contribution in [-0.2, 0) is 6.54 Å². The van der Waals surface area contributed by atoms with Crippen molar-refractivity contribution < 1.29 is 4.42 Å². The Morgan fingerprint density at radius 1 is 1.27 bits per heavy atom. The average Bonchev–Trinajstić information content (AvgIpc) is 3.16. The van der Waals surface area contributed by atoms with Gasteiger partial charge in [0.1, 0.15) is 12.0 Å². The van der Waals surface area contributed by atoms with E-state index in [2.05, 4.69) is 53.5 Å². The van der Waals surface area contributed by atoms with Gasteiger partial charge < -0.3 is 15.1 Å². The Hall–Kier alpha value is -1.57. The summed E-state index contributed by atoms with van der Waals surface area (Å²) in [5.41, 5.74) is 3.06. The van der Waals surface area contributed by atoms with Crippen LogP contribution in [0.3, 0.4) is 0 Å². The van der Waals surface area contributed by atoms with Crippen LogP contribution >= 0.6 is 24.0 Å². The molecule has 2 unspecified atom stereocenters. The maximum absolute atomic E-state index is 5.60. The van der Waals surface area contributed by atoms with Crippen molar-refractivity contribution in [2.45, 2.75) is 52.6 Å². The fourth-order valence-electron chi connectivity index (χ4n) is 2.98. The number of benzene rings is 1. The third-order valence-electron chi connectivity index (χ3n) is 4.50. The maximum atomic E-state index is 5.60. The van der Waals surface area contributed by atoms with E-state index < -0.39 is 0 Å². The third kappa shape index (κ3) is 5.72. The van der Waals surface area contributed by atoms with Crippen LogP contribution in [0, 0.1) is 12.8 Å². The van der Waals surface area contributed by atoms with Crippen LogP contribution in [0.2, 0.25) is 0 Å². The van der Waals surface area contributed by atoms with Crippen molar-refractivity contribution in [3.63, 3.8) is 0 Å². The summed E-state index contributed by atoms with van der Waals surface area (Å²) >= 11 is 0. The zero-order valence-electron chi connectivity index (χ0n) is 15.8. The van der Waals surface area contributed by atoms with Gasteiger partial charge in [-0.3, -0.25) is 0 Å². The summed E-state index contributed by atoms with van der Waals surface area (Å²) in [5.74, 6) is 2.31. The van der Waals surface area contributed by atoms with E-state index in [0.29, 0.717) is 18.5 Å². The number of hydrogen-bond donors (Lipinski definition) is 2. The van der Waals surface area contributed by atoms with Crippen molar-refractivity contribution in [2.24, 2.45) is 10.9 Å². The minimum atomic E-state index is 0. The Labute approximate surface area is 173 Å². The average molecular weight is 468 g/mol. The molecule has 1 saturated carbocycles. The van der Waals surface area contributed by atoms with E-state index in [0.717, 1.165) is 29.7 Å². The standard InChI is InChI=1S/C20H28N4O.HI/c1-4-6-16-11-18(16)24-20(21-5-2)22-12-17-13-25-19(23-17)15-9-7-14(3)8-10-15;/h7-10,13,16,18H,4-6,11-12H2,1-3H3,(H2,21,22,24);1H. The molecule has 1 aliphatic rings. The smallest absolute Gasteiger partial charge is 0.226 e. The number of oxazole rings is 1. The first-order valence-corrected chi connectivity index (χ1v) is 9.25. The molecule has 2 N–H and O–H groups in total. The van der Waals surface area contributed by atoms with Gasteiger partial charge in [0.25, 0.3) is 0 Å². The van der Waals surface area contributed by atoms with Gasteiger partial charge in [-0.1, -0.05) is 31.0 Å². The van der Waals surface area contributed by atoms with Crippen LogP contribution in [0.1, 0.15) is 44.4 Å². The van der Waals surface area contributed by atoms with Crippen LogP contribution in [-0.4, -0.2) is 23.5 Å². The van der Waals surface area contributed by atoms with Crippen LogP contribution in [0.15, 0.2) is 39.9 Å². The molecular weight excluding hydrogens is 439 g/mol. The number of nitrogens with zero attached hydrogens (tertiary/aromatic N) is 2. The summed E-state index contributed by atoms with van der Waals surface area (Å²) < 4.78 is 5.60. The molecule has 0 radical (unpaired) electrons. The number of hydrogen-bond acceptors (Lipinski definition) is 3. The van der Waals surface area contributed by atoms with E-state index in [1.54, 1.807) is 6.26 Å². The fraction of sp³-hybridized carbons (Fsp3) is 0.500. The van der Waals surface area contributed by atoms with E-state index in [9.17, 15) is 0 Å². The van der Waals surface area contributed by atoms with Gasteiger partial charge in [0.2, 0.25) is 5.89 Å². The quantitative estimate of drug-likeness (QED) is 0.357. The highest BCUT2D eigenvalue weighted by atomic mass is 127. The van der Waals surface area contributed by atoms with Crippen molar-refractivity contribution in [1.82, 2.24) is 15.6 Å². The van der Waals surface area contributed by atoms with Gasteiger partial charge in [0.05, 0.1) is 6.54 Å². The largest absolute Gasteiger partial charge is 0.444 e.